The highest BCUT2D eigenvalue weighted by Crippen LogP contribution is 2.11. The summed E-state index contributed by atoms with van der Waals surface area (Å²) in [5.41, 5.74) is 7.19. The molecular formula is C15H19N3O2S. The average Bonchev–Trinajstić information content (AvgIpc) is 2.98. The number of carbonyl (C=O) groups excluding carboxylic acids is 1. The van der Waals surface area contributed by atoms with Crippen molar-refractivity contribution in [3.05, 3.63) is 53.7 Å². The number of nitrogens with zero attached hydrogens (tertiary/aromatic N) is 1. The number of nitrogens with one attached hydrogen (secondary N) is 1. The summed E-state index contributed by atoms with van der Waals surface area (Å²) in [5, 5.41) is 2.81. The third-order valence-corrected chi connectivity index (χ3v) is 3.82. The Morgan fingerprint density at radius 2 is 2.19 bits per heavy atom. The van der Waals surface area contributed by atoms with Crippen molar-refractivity contribution >= 4 is 17.7 Å². The molecule has 0 spiro atoms. The van der Waals surface area contributed by atoms with Crippen LogP contribution in [0.25, 0.3) is 0 Å². The molecule has 1 unspecified atom stereocenters. The summed E-state index contributed by atoms with van der Waals surface area (Å²) in [7, 11) is 0. The van der Waals surface area contributed by atoms with Gasteiger partial charge in [0.1, 0.15) is 6.26 Å². The minimum absolute atomic E-state index is 0.231. The minimum Gasteiger partial charge on any atom is -0.446 e. The van der Waals surface area contributed by atoms with Gasteiger partial charge in [-0.05, 0) is 12.5 Å². The topological polar surface area (TPSA) is 81.1 Å². The van der Waals surface area contributed by atoms with E-state index in [2.05, 4.69) is 22.4 Å². The van der Waals surface area contributed by atoms with Crippen LogP contribution in [0.1, 0.15) is 34.9 Å². The van der Waals surface area contributed by atoms with Crippen molar-refractivity contribution in [2.45, 2.75) is 18.7 Å². The highest BCUT2D eigenvalue weighted by Gasteiger charge is 2.13. The Hall–Kier alpha value is -1.79. The van der Waals surface area contributed by atoms with Gasteiger partial charge in [0.25, 0.3) is 5.91 Å². The average molecular weight is 305 g/mol. The molecule has 0 saturated heterocycles. The van der Waals surface area contributed by atoms with Gasteiger partial charge in [-0.1, -0.05) is 30.3 Å². The third kappa shape index (κ3) is 4.91. The van der Waals surface area contributed by atoms with E-state index < -0.39 is 0 Å². The predicted octanol–water partition coefficient (Wildman–Crippen LogP) is 2.36. The van der Waals surface area contributed by atoms with Gasteiger partial charge in [0, 0.05) is 18.1 Å². The second-order valence-corrected chi connectivity index (χ2v) is 5.76. The predicted molar refractivity (Wildman–Crippen MR) is 84.0 cm³/mol. The Morgan fingerprint density at radius 1 is 1.43 bits per heavy atom. The van der Waals surface area contributed by atoms with E-state index in [4.69, 9.17) is 10.2 Å². The van der Waals surface area contributed by atoms with Crippen molar-refractivity contribution in [2.24, 2.45) is 5.73 Å². The molecule has 3 N–H and O–H groups in total. The number of benzene rings is 1. The van der Waals surface area contributed by atoms with E-state index in [1.807, 2.05) is 18.2 Å². The van der Waals surface area contributed by atoms with Crippen molar-refractivity contribution in [2.75, 3.05) is 12.3 Å². The number of carbonyl (C=O) groups is 1. The Morgan fingerprint density at radius 3 is 2.86 bits per heavy atom. The maximum absolute atomic E-state index is 11.8. The van der Waals surface area contributed by atoms with Crippen molar-refractivity contribution < 1.29 is 9.21 Å². The molecule has 0 bridgehead atoms. The van der Waals surface area contributed by atoms with Gasteiger partial charge in [0.2, 0.25) is 5.89 Å². The first-order chi connectivity index (χ1) is 10.2. The van der Waals surface area contributed by atoms with Crippen LogP contribution in [0.3, 0.4) is 0 Å². The standard InChI is InChI=1S/C15H19N3O2S/c1-11(16)15-18-13(9-20-15)14(19)17-7-8-21-10-12-5-3-2-4-6-12/h2-6,9,11H,7-8,10,16H2,1H3,(H,17,19). The van der Waals surface area contributed by atoms with Gasteiger partial charge in [-0.15, -0.1) is 0 Å². The van der Waals surface area contributed by atoms with Crippen LogP contribution in [-0.2, 0) is 5.75 Å². The molecule has 0 fully saturated rings. The number of nitrogens with two attached hydrogens (primary N) is 1. The molecule has 112 valence electrons. The van der Waals surface area contributed by atoms with Gasteiger partial charge in [-0.25, -0.2) is 4.98 Å². The molecule has 2 aromatic rings. The first kappa shape index (κ1) is 15.6. The van der Waals surface area contributed by atoms with Gasteiger partial charge in [0.05, 0.1) is 6.04 Å². The monoisotopic (exact) mass is 305 g/mol. The molecule has 1 aromatic heterocycles. The maximum atomic E-state index is 11.8. The normalized spacial score (nSPS) is 12.1. The van der Waals surface area contributed by atoms with Crippen LogP contribution in [0.15, 0.2) is 41.0 Å². The van der Waals surface area contributed by atoms with Crippen LogP contribution in [-0.4, -0.2) is 23.2 Å². The zero-order valence-electron chi connectivity index (χ0n) is 11.9. The number of thioether (sulfide) groups is 1. The summed E-state index contributed by atoms with van der Waals surface area (Å²) >= 11 is 1.78. The lowest BCUT2D eigenvalue weighted by molar-refractivity contribution is 0.0951. The number of oxazole rings is 1. The zero-order chi connectivity index (χ0) is 15.1. The minimum atomic E-state index is -0.312. The molecule has 2 rings (SSSR count). The molecule has 1 aromatic carbocycles. The number of hydrogen-bond acceptors (Lipinski definition) is 5. The summed E-state index contributed by atoms with van der Waals surface area (Å²) in [6.45, 7) is 2.35. The highest BCUT2D eigenvalue weighted by atomic mass is 32.2. The lowest BCUT2D eigenvalue weighted by Gasteiger charge is -2.03. The fraction of sp³-hybridized carbons (Fsp3) is 0.333. The van der Waals surface area contributed by atoms with E-state index in [9.17, 15) is 4.79 Å². The summed E-state index contributed by atoms with van der Waals surface area (Å²) in [5.74, 6) is 1.93. The Balaban J connectivity index is 1.67. The zero-order valence-corrected chi connectivity index (χ0v) is 12.7. The summed E-state index contributed by atoms with van der Waals surface area (Å²) in [6, 6.07) is 9.93. The highest BCUT2D eigenvalue weighted by molar-refractivity contribution is 7.98. The second-order valence-electron chi connectivity index (χ2n) is 4.65. The molecule has 0 radical (unpaired) electrons. The molecule has 1 amide bonds. The van der Waals surface area contributed by atoms with Crippen LogP contribution in [0.2, 0.25) is 0 Å². The molecule has 0 saturated carbocycles. The molecule has 0 aliphatic carbocycles. The molecule has 21 heavy (non-hydrogen) atoms. The second kappa shape index (κ2) is 7.85. The first-order valence-corrected chi connectivity index (χ1v) is 7.93. The van der Waals surface area contributed by atoms with Crippen LogP contribution >= 0.6 is 11.8 Å². The van der Waals surface area contributed by atoms with Crippen LogP contribution in [0.4, 0.5) is 0 Å². The van der Waals surface area contributed by atoms with Gasteiger partial charge >= 0.3 is 0 Å². The van der Waals surface area contributed by atoms with E-state index in [-0.39, 0.29) is 17.6 Å². The Kier molecular flexibility index (Phi) is 5.83. The molecule has 5 nitrogen and oxygen atoms in total. The number of aromatic nitrogens is 1. The number of rotatable bonds is 7. The van der Waals surface area contributed by atoms with E-state index in [1.165, 1.54) is 11.8 Å². The fourth-order valence-corrected chi connectivity index (χ4v) is 2.51. The molecule has 6 heteroatoms. The first-order valence-electron chi connectivity index (χ1n) is 6.77. The summed E-state index contributed by atoms with van der Waals surface area (Å²) in [4.78, 5) is 15.9. The third-order valence-electron chi connectivity index (χ3n) is 2.79. The number of hydrogen-bond donors (Lipinski definition) is 2. The molecule has 0 aliphatic heterocycles. The smallest absolute Gasteiger partial charge is 0.273 e. The van der Waals surface area contributed by atoms with E-state index in [0.29, 0.717) is 12.4 Å². The summed E-state index contributed by atoms with van der Waals surface area (Å²) < 4.78 is 5.13. The van der Waals surface area contributed by atoms with E-state index in [0.717, 1.165) is 11.5 Å². The Bertz CT molecular complexity index is 569. The van der Waals surface area contributed by atoms with E-state index >= 15 is 0 Å². The van der Waals surface area contributed by atoms with Crippen LogP contribution < -0.4 is 11.1 Å². The van der Waals surface area contributed by atoms with Gasteiger partial charge < -0.3 is 15.5 Å². The van der Waals surface area contributed by atoms with Gasteiger partial charge in [-0.2, -0.15) is 11.8 Å². The summed E-state index contributed by atoms with van der Waals surface area (Å²) in [6.07, 6.45) is 1.34. The van der Waals surface area contributed by atoms with Crippen molar-refractivity contribution in [3.63, 3.8) is 0 Å². The SMILES string of the molecule is CC(N)c1nc(C(=O)NCCSCc2ccccc2)co1. The van der Waals surface area contributed by atoms with Gasteiger partial charge in [-0.3, -0.25) is 4.79 Å². The molecule has 1 heterocycles. The lowest BCUT2D eigenvalue weighted by Crippen LogP contribution is -2.26. The van der Waals surface area contributed by atoms with Crippen LogP contribution in [0.5, 0.6) is 0 Å². The van der Waals surface area contributed by atoms with Crippen molar-refractivity contribution in [1.29, 1.82) is 0 Å². The fourth-order valence-electron chi connectivity index (χ4n) is 1.69. The van der Waals surface area contributed by atoms with Crippen LogP contribution in [0, 0.1) is 0 Å². The van der Waals surface area contributed by atoms with Crippen molar-refractivity contribution in [1.82, 2.24) is 10.3 Å². The Labute approximate surface area is 128 Å². The quantitative estimate of drug-likeness (QED) is 0.767. The largest absolute Gasteiger partial charge is 0.446 e. The van der Waals surface area contributed by atoms with Gasteiger partial charge in [0.15, 0.2) is 5.69 Å². The molecule has 0 aliphatic rings. The van der Waals surface area contributed by atoms with E-state index in [1.54, 1.807) is 18.7 Å². The molecular weight excluding hydrogens is 286 g/mol. The molecule has 1 atom stereocenters. The maximum Gasteiger partial charge on any atom is 0.273 e. The van der Waals surface area contributed by atoms with Crippen molar-refractivity contribution in [3.8, 4) is 0 Å². The lowest BCUT2D eigenvalue weighted by atomic mass is 10.2. The number of amides is 1.